The average Bonchev–Trinajstić information content (AvgIpc) is 2.86. The predicted molar refractivity (Wildman–Crippen MR) is 65.7 cm³/mol. The van der Waals surface area contributed by atoms with Crippen molar-refractivity contribution in [2.75, 3.05) is 6.61 Å². The first kappa shape index (κ1) is 21.0. The summed E-state index contributed by atoms with van der Waals surface area (Å²) in [6, 6.07) is 0. The van der Waals surface area contributed by atoms with E-state index in [1.165, 1.54) is 30.3 Å². The van der Waals surface area contributed by atoms with Gasteiger partial charge in [-0.3, -0.25) is 5.10 Å². The van der Waals surface area contributed by atoms with Crippen LogP contribution in [-0.2, 0) is 4.74 Å². The van der Waals surface area contributed by atoms with Crippen LogP contribution in [0.4, 0.5) is 0 Å². The largest absolute Gasteiger partial charge is 1.00 e. The van der Waals surface area contributed by atoms with E-state index in [2.05, 4.69) is 35.2 Å². The molecule has 0 saturated heterocycles. The molecule has 0 N–H and O–H groups in total. The van der Waals surface area contributed by atoms with Crippen LogP contribution in [-0.4, -0.2) is 21.4 Å². The van der Waals surface area contributed by atoms with Gasteiger partial charge in [0, 0.05) is 6.61 Å². The monoisotopic (exact) mass is 247 g/mol. The summed E-state index contributed by atoms with van der Waals surface area (Å²) in [5, 5.41) is 3.88. The van der Waals surface area contributed by atoms with Gasteiger partial charge in [-0.25, -0.2) is 5.92 Å². The number of hydrogen-bond donors (Lipinski definition) is 0. The molecule has 0 saturated carbocycles. The second kappa shape index (κ2) is 14.1. The van der Waals surface area contributed by atoms with Crippen molar-refractivity contribution < 1.29 is 42.5 Å². The molecule has 0 amide bonds. The summed E-state index contributed by atoms with van der Waals surface area (Å²) < 4.78 is 6.90. The summed E-state index contributed by atoms with van der Waals surface area (Å²) in [6.07, 6.45) is 10.4. The van der Waals surface area contributed by atoms with E-state index in [4.69, 9.17) is 4.74 Å². The summed E-state index contributed by atoms with van der Waals surface area (Å²) in [5.74, 6) is 6.09. The molecule has 0 aromatic carbocycles. The molecule has 0 spiro atoms. The van der Waals surface area contributed by atoms with E-state index in [-0.39, 0.29) is 37.7 Å². The predicted octanol–water partition coefficient (Wildman–Crippen LogP) is -3.57. The SMILES string of the molecule is CCCCCCC#C[C-](OCC)n1cn[c-]n1.[Li+].[Li+]. The van der Waals surface area contributed by atoms with Gasteiger partial charge in [0.15, 0.2) is 0 Å². The van der Waals surface area contributed by atoms with Gasteiger partial charge in [-0.15, -0.1) is 0 Å². The normalized spacial score (nSPS) is 8.74. The number of nitrogens with zero attached hydrogens (tertiary/aromatic N) is 3. The molecule has 94 valence electrons. The van der Waals surface area contributed by atoms with Gasteiger partial charge in [0.05, 0.1) is 6.23 Å². The van der Waals surface area contributed by atoms with Crippen molar-refractivity contribution in [3.63, 3.8) is 0 Å². The minimum Gasteiger partial charge on any atom is -0.421 e. The van der Waals surface area contributed by atoms with Crippen LogP contribution >= 0.6 is 0 Å². The smallest absolute Gasteiger partial charge is 0.421 e. The van der Waals surface area contributed by atoms with Crippen LogP contribution in [0.3, 0.4) is 0 Å². The molecule has 1 rings (SSSR count). The Balaban J connectivity index is 0. The summed E-state index contributed by atoms with van der Waals surface area (Å²) in [7, 11) is 0. The molecule has 0 aliphatic carbocycles. The van der Waals surface area contributed by atoms with Crippen LogP contribution in [0.25, 0.3) is 0 Å². The van der Waals surface area contributed by atoms with E-state index in [0.717, 1.165) is 12.8 Å². The maximum absolute atomic E-state index is 5.40. The standard InChI is InChI=1S/C13H19N3O.2Li/c1-3-5-6-7-8-9-10-13(17-4-2)16-12-14-11-15-16;;/h12H,3-8H2,1-2H3;;/q-2;2*+1. The molecule has 0 fully saturated rings. The zero-order valence-electron chi connectivity index (χ0n) is 12.6. The van der Waals surface area contributed by atoms with Gasteiger partial charge in [-0.2, -0.15) is 5.92 Å². The minimum atomic E-state index is 0. The molecule has 0 aliphatic rings. The Morgan fingerprint density at radius 2 is 2.05 bits per heavy atom. The molecule has 0 bridgehead atoms. The van der Waals surface area contributed by atoms with Crippen molar-refractivity contribution >= 4 is 0 Å². The molecule has 1 aromatic rings. The Hall–Kier alpha value is -0.275. The zero-order valence-corrected chi connectivity index (χ0v) is 12.6. The van der Waals surface area contributed by atoms with Crippen LogP contribution in [0.5, 0.6) is 0 Å². The van der Waals surface area contributed by atoms with Gasteiger partial charge in [0.2, 0.25) is 0 Å². The Morgan fingerprint density at radius 1 is 1.26 bits per heavy atom. The van der Waals surface area contributed by atoms with E-state index in [1.54, 1.807) is 0 Å². The van der Waals surface area contributed by atoms with E-state index in [0.29, 0.717) is 12.8 Å². The third kappa shape index (κ3) is 9.29. The molecule has 6 heteroatoms. The van der Waals surface area contributed by atoms with Crippen LogP contribution in [0.1, 0.15) is 46.0 Å². The number of aromatic nitrogens is 3. The Bertz CT molecular complexity index is 347. The van der Waals surface area contributed by atoms with Crippen molar-refractivity contribution in [1.29, 1.82) is 0 Å². The summed E-state index contributed by atoms with van der Waals surface area (Å²) in [5.41, 5.74) is 0. The fourth-order valence-corrected chi connectivity index (χ4v) is 1.35. The molecule has 1 aromatic heterocycles. The minimum absolute atomic E-state index is 0. The first-order valence-corrected chi connectivity index (χ1v) is 6.15. The number of hydrogen-bond acceptors (Lipinski definition) is 3. The molecule has 0 radical (unpaired) electrons. The van der Waals surface area contributed by atoms with Gasteiger partial charge < -0.3 is 14.4 Å². The second-order valence-corrected chi connectivity index (χ2v) is 3.64. The zero-order chi connectivity index (χ0) is 12.3. The van der Waals surface area contributed by atoms with Crippen molar-refractivity contribution in [2.45, 2.75) is 46.0 Å². The van der Waals surface area contributed by atoms with E-state index in [9.17, 15) is 0 Å². The van der Waals surface area contributed by atoms with Gasteiger partial charge in [-0.05, 0) is 26.0 Å². The third-order valence-corrected chi connectivity index (χ3v) is 2.22. The molecule has 4 nitrogen and oxygen atoms in total. The quantitative estimate of drug-likeness (QED) is 0.217. The van der Waals surface area contributed by atoms with Crippen LogP contribution in [0.2, 0.25) is 0 Å². The summed E-state index contributed by atoms with van der Waals surface area (Å²) >= 11 is 0. The topological polar surface area (TPSA) is 39.9 Å². The van der Waals surface area contributed by atoms with Crippen LogP contribution in [0, 0.1) is 24.4 Å². The van der Waals surface area contributed by atoms with Gasteiger partial charge >= 0.3 is 37.7 Å². The third-order valence-electron chi connectivity index (χ3n) is 2.22. The van der Waals surface area contributed by atoms with Gasteiger partial charge in [-0.1, -0.05) is 32.6 Å². The molecule has 19 heavy (non-hydrogen) atoms. The van der Waals surface area contributed by atoms with Crippen LogP contribution in [0.15, 0.2) is 6.33 Å². The Kier molecular flexibility index (Phi) is 15.7. The molecular weight excluding hydrogens is 228 g/mol. The van der Waals surface area contributed by atoms with Crippen molar-refractivity contribution in [1.82, 2.24) is 14.8 Å². The van der Waals surface area contributed by atoms with E-state index >= 15 is 0 Å². The molecule has 0 unspecified atom stereocenters. The summed E-state index contributed by atoms with van der Waals surface area (Å²) in [6.45, 7) is 4.69. The second-order valence-electron chi connectivity index (χ2n) is 3.64. The first-order valence-electron chi connectivity index (χ1n) is 6.15. The molecule has 0 aliphatic heterocycles. The fourth-order valence-electron chi connectivity index (χ4n) is 1.35. The Morgan fingerprint density at radius 3 is 2.63 bits per heavy atom. The van der Waals surface area contributed by atoms with Crippen LogP contribution < -0.4 is 37.7 Å². The first-order chi connectivity index (χ1) is 8.38. The fraction of sp³-hybridized carbons (Fsp3) is 0.615. The molecule has 1 heterocycles. The number of unbranched alkanes of at least 4 members (excludes halogenated alkanes) is 4. The molecular formula is C13H19Li2N3O. The maximum atomic E-state index is 5.40. The van der Waals surface area contributed by atoms with Gasteiger partial charge in [0.1, 0.15) is 0 Å². The van der Waals surface area contributed by atoms with Crippen molar-refractivity contribution in [2.24, 2.45) is 0 Å². The maximum Gasteiger partial charge on any atom is 1.00 e. The summed E-state index contributed by atoms with van der Waals surface area (Å²) in [4.78, 5) is 3.75. The van der Waals surface area contributed by atoms with E-state index in [1.807, 2.05) is 6.92 Å². The number of ether oxygens (including phenoxy) is 1. The van der Waals surface area contributed by atoms with Gasteiger partial charge in [0.25, 0.3) is 0 Å². The van der Waals surface area contributed by atoms with Crippen molar-refractivity contribution in [3.8, 4) is 11.8 Å². The van der Waals surface area contributed by atoms with E-state index < -0.39 is 0 Å². The average molecular weight is 247 g/mol. The number of rotatable bonds is 7. The van der Waals surface area contributed by atoms with Crippen molar-refractivity contribution in [3.05, 3.63) is 18.9 Å². The molecule has 0 atom stereocenters. The Labute approximate surface area is 140 Å².